The molecule has 0 spiro atoms. The normalized spacial score (nSPS) is 11.1. The van der Waals surface area contributed by atoms with Crippen molar-refractivity contribution >= 4 is 34.0 Å². The molecule has 2 N–H and O–H groups in total. The Kier molecular flexibility index (Phi) is 6.58. The van der Waals surface area contributed by atoms with Gasteiger partial charge < -0.3 is 14.8 Å². The average molecular weight is 470 g/mol. The van der Waals surface area contributed by atoms with E-state index in [1.165, 1.54) is 32.4 Å². The fourth-order valence-corrected chi connectivity index (χ4v) is 3.22. The van der Waals surface area contributed by atoms with Crippen LogP contribution in [0.15, 0.2) is 36.4 Å². The highest BCUT2D eigenvalue weighted by Gasteiger charge is 2.31. The van der Waals surface area contributed by atoms with Gasteiger partial charge in [-0.3, -0.25) is 10.1 Å². The molecule has 1 heterocycles. The van der Waals surface area contributed by atoms with Crippen molar-refractivity contribution in [2.45, 2.75) is 6.18 Å². The Morgan fingerprint density at radius 1 is 0.969 bits per heavy atom. The van der Waals surface area contributed by atoms with Crippen molar-refractivity contribution in [2.24, 2.45) is 0 Å². The molecule has 32 heavy (non-hydrogen) atoms. The van der Waals surface area contributed by atoms with Gasteiger partial charge in [-0.15, -0.1) is 10.2 Å². The number of benzene rings is 2. The number of carbonyl (C=O) groups is 2. The maximum absolute atomic E-state index is 13.8. The molecular formula is C19H14F4N4O4S. The summed E-state index contributed by atoms with van der Waals surface area (Å²) in [5.41, 5.74) is -1.59. The number of rotatable bonds is 6. The Bertz CT molecular complexity index is 1170. The summed E-state index contributed by atoms with van der Waals surface area (Å²) < 4.78 is 62.3. The van der Waals surface area contributed by atoms with Crippen LogP contribution in [0.5, 0.6) is 11.5 Å². The number of nitrogens with one attached hydrogen (secondary N) is 2. The lowest BCUT2D eigenvalue weighted by Gasteiger charge is -2.10. The number of hydrogen-bond acceptors (Lipinski definition) is 7. The molecule has 0 aliphatic carbocycles. The highest BCUT2D eigenvalue weighted by atomic mass is 32.1. The van der Waals surface area contributed by atoms with Gasteiger partial charge in [0.05, 0.1) is 25.5 Å². The highest BCUT2D eigenvalue weighted by Crippen LogP contribution is 2.32. The van der Waals surface area contributed by atoms with Crippen LogP contribution in [0.3, 0.4) is 0 Å². The molecule has 2 amide bonds. The van der Waals surface area contributed by atoms with Crippen molar-refractivity contribution in [2.75, 3.05) is 24.9 Å². The van der Waals surface area contributed by atoms with Crippen molar-refractivity contribution in [3.8, 4) is 11.5 Å². The number of ketones is 1. The SMILES string of the molecule is COc1ccc(C(=O)c2nnc(NC(=O)Nc3cc(C(F)(F)F)ccc3F)s2)cc1OC. The summed E-state index contributed by atoms with van der Waals surface area (Å²) in [4.78, 5) is 24.7. The van der Waals surface area contributed by atoms with E-state index in [2.05, 4.69) is 15.5 Å². The van der Waals surface area contributed by atoms with Crippen LogP contribution in [0.1, 0.15) is 20.9 Å². The van der Waals surface area contributed by atoms with Gasteiger partial charge in [-0.2, -0.15) is 13.2 Å². The molecule has 168 valence electrons. The first-order valence-corrected chi connectivity index (χ1v) is 9.49. The summed E-state index contributed by atoms with van der Waals surface area (Å²) in [7, 11) is 2.85. The van der Waals surface area contributed by atoms with Crippen molar-refractivity contribution < 1.29 is 36.6 Å². The van der Waals surface area contributed by atoms with Crippen LogP contribution in [0.2, 0.25) is 0 Å². The number of urea groups is 1. The van der Waals surface area contributed by atoms with Gasteiger partial charge >= 0.3 is 12.2 Å². The van der Waals surface area contributed by atoms with E-state index in [0.29, 0.717) is 29.7 Å². The molecule has 0 bridgehead atoms. The topological polar surface area (TPSA) is 102 Å². The van der Waals surface area contributed by atoms with Gasteiger partial charge in [-0.1, -0.05) is 11.3 Å². The van der Waals surface area contributed by atoms with E-state index in [1.807, 2.05) is 5.32 Å². The Morgan fingerprint density at radius 3 is 2.34 bits per heavy atom. The fourth-order valence-electron chi connectivity index (χ4n) is 2.51. The number of carbonyl (C=O) groups excluding carboxylic acids is 2. The van der Waals surface area contributed by atoms with Crippen LogP contribution in [0.4, 0.5) is 33.2 Å². The fraction of sp³-hybridized carbons (Fsp3) is 0.158. The van der Waals surface area contributed by atoms with Crippen molar-refractivity contribution in [3.63, 3.8) is 0 Å². The summed E-state index contributed by atoms with van der Waals surface area (Å²) in [5, 5.41) is 11.3. The van der Waals surface area contributed by atoms with E-state index in [9.17, 15) is 27.2 Å². The molecule has 13 heteroatoms. The molecule has 0 aliphatic rings. The van der Waals surface area contributed by atoms with Crippen molar-refractivity contribution in [1.82, 2.24) is 10.2 Å². The number of alkyl halides is 3. The molecule has 2 aromatic carbocycles. The number of aromatic nitrogens is 2. The van der Waals surface area contributed by atoms with Crippen LogP contribution in [0.25, 0.3) is 0 Å². The minimum atomic E-state index is -4.71. The summed E-state index contributed by atoms with van der Waals surface area (Å²) in [6, 6.07) is 4.99. The Hall–Kier alpha value is -3.74. The number of hydrogen-bond donors (Lipinski definition) is 2. The molecule has 0 fully saturated rings. The van der Waals surface area contributed by atoms with Crippen LogP contribution in [-0.4, -0.2) is 36.2 Å². The Morgan fingerprint density at radius 2 is 1.69 bits per heavy atom. The van der Waals surface area contributed by atoms with Crippen molar-refractivity contribution in [3.05, 3.63) is 58.3 Å². The lowest BCUT2D eigenvalue weighted by atomic mass is 10.1. The second-order valence-electron chi connectivity index (χ2n) is 6.08. The molecule has 0 atom stereocenters. The number of anilines is 2. The van der Waals surface area contributed by atoms with E-state index in [1.54, 1.807) is 0 Å². The van der Waals surface area contributed by atoms with E-state index in [0.717, 1.165) is 11.3 Å². The average Bonchev–Trinajstić information content (AvgIpc) is 3.21. The monoisotopic (exact) mass is 470 g/mol. The van der Waals surface area contributed by atoms with Gasteiger partial charge in [0.25, 0.3) is 0 Å². The molecule has 0 radical (unpaired) electrons. The van der Waals surface area contributed by atoms with Gasteiger partial charge in [-0.05, 0) is 36.4 Å². The summed E-state index contributed by atoms with van der Waals surface area (Å²) in [6.07, 6.45) is -4.71. The second kappa shape index (κ2) is 9.18. The smallest absolute Gasteiger partial charge is 0.416 e. The Labute approximate surface area is 182 Å². The van der Waals surface area contributed by atoms with Gasteiger partial charge in [0, 0.05) is 5.56 Å². The van der Waals surface area contributed by atoms with Gasteiger partial charge in [0.1, 0.15) is 5.82 Å². The minimum absolute atomic E-state index is 0.0715. The maximum atomic E-state index is 13.8. The number of nitrogens with zero attached hydrogens (tertiary/aromatic N) is 2. The third kappa shape index (κ3) is 5.11. The lowest BCUT2D eigenvalue weighted by Crippen LogP contribution is -2.20. The van der Waals surface area contributed by atoms with E-state index in [4.69, 9.17) is 9.47 Å². The zero-order valence-corrected chi connectivity index (χ0v) is 17.2. The number of ether oxygens (including phenoxy) is 2. The predicted molar refractivity (Wildman–Crippen MR) is 107 cm³/mol. The van der Waals surface area contributed by atoms with Crippen LogP contribution >= 0.6 is 11.3 Å². The summed E-state index contributed by atoms with van der Waals surface area (Å²) >= 11 is 0.720. The number of halogens is 4. The lowest BCUT2D eigenvalue weighted by molar-refractivity contribution is -0.137. The van der Waals surface area contributed by atoms with Crippen molar-refractivity contribution in [1.29, 1.82) is 0 Å². The summed E-state index contributed by atoms with van der Waals surface area (Å²) in [6.45, 7) is 0. The third-order valence-corrected chi connectivity index (χ3v) is 4.86. The zero-order valence-electron chi connectivity index (χ0n) is 16.4. The van der Waals surface area contributed by atoms with Gasteiger partial charge in [0.15, 0.2) is 16.5 Å². The van der Waals surface area contributed by atoms with Gasteiger partial charge in [-0.25, -0.2) is 9.18 Å². The molecule has 3 aromatic rings. The second-order valence-corrected chi connectivity index (χ2v) is 7.06. The molecule has 0 aliphatic heterocycles. The maximum Gasteiger partial charge on any atom is 0.416 e. The van der Waals surface area contributed by atoms with Gasteiger partial charge in [0.2, 0.25) is 10.9 Å². The highest BCUT2D eigenvalue weighted by molar-refractivity contribution is 7.17. The number of methoxy groups -OCH3 is 2. The molecule has 0 saturated heterocycles. The minimum Gasteiger partial charge on any atom is -0.493 e. The van der Waals surface area contributed by atoms with E-state index < -0.39 is 35.1 Å². The number of amides is 2. The van der Waals surface area contributed by atoms with Crippen LogP contribution < -0.4 is 20.1 Å². The van der Waals surface area contributed by atoms with Crippen LogP contribution in [0, 0.1) is 5.82 Å². The first-order valence-electron chi connectivity index (χ1n) is 8.67. The Balaban J connectivity index is 1.71. The molecular weight excluding hydrogens is 456 g/mol. The molecule has 3 rings (SSSR count). The zero-order chi connectivity index (χ0) is 23.5. The quantitative estimate of drug-likeness (QED) is 0.404. The molecule has 0 unspecified atom stereocenters. The summed E-state index contributed by atoms with van der Waals surface area (Å²) in [5.74, 6) is -0.832. The van der Waals surface area contributed by atoms with E-state index in [-0.39, 0.29) is 15.7 Å². The first kappa shape index (κ1) is 22.9. The molecule has 1 aromatic heterocycles. The largest absolute Gasteiger partial charge is 0.493 e. The van der Waals surface area contributed by atoms with E-state index >= 15 is 0 Å². The first-order chi connectivity index (χ1) is 15.1. The molecule has 0 saturated carbocycles. The molecule has 8 nitrogen and oxygen atoms in total. The predicted octanol–water partition coefficient (Wildman–Crippen LogP) is 4.59. The van der Waals surface area contributed by atoms with Crippen LogP contribution in [-0.2, 0) is 6.18 Å². The standard InChI is InChI=1S/C19H14F4N4O4S/c1-30-13-6-3-9(7-14(13)31-2)15(28)16-26-27-18(32-16)25-17(29)24-12-8-10(19(21,22)23)4-5-11(12)20/h3-8H,1-2H3,(H2,24,25,27,29). The third-order valence-electron chi connectivity index (χ3n) is 4.03.